The number of carbonyl (C=O) groups excluding carboxylic acids is 1. The lowest BCUT2D eigenvalue weighted by atomic mass is 10.1. The number of amides is 1. The van der Waals surface area contributed by atoms with E-state index in [0.717, 1.165) is 11.1 Å². The number of hydrogen-bond donors (Lipinski definition) is 1. The molecule has 1 amide bonds. The van der Waals surface area contributed by atoms with Gasteiger partial charge in [0.1, 0.15) is 0 Å². The van der Waals surface area contributed by atoms with E-state index < -0.39 is 5.91 Å². The molecular formula is C18H16ClN3O2. The molecule has 0 radical (unpaired) electrons. The third-order valence-corrected chi connectivity index (χ3v) is 4.19. The third kappa shape index (κ3) is 3.03. The Balaban J connectivity index is 1.94. The van der Waals surface area contributed by atoms with E-state index in [1.54, 1.807) is 23.9 Å². The van der Waals surface area contributed by atoms with Gasteiger partial charge in [-0.3, -0.25) is 14.3 Å². The van der Waals surface area contributed by atoms with E-state index >= 15 is 0 Å². The van der Waals surface area contributed by atoms with Gasteiger partial charge in [0, 0.05) is 18.6 Å². The van der Waals surface area contributed by atoms with Gasteiger partial charge in [-0.05, 0) is 30.7 Å². The Hall–Kier alpha value is -2.66. The number of hydrogen-bond acceptors (Lipinski definition) is 3. The SMILES string of the molecule is Cc1ccc2c(c1)c(=O)c(C(=O)NCc1ccccc1Cl)nn2C. The van der Waals surface area contributed by atoms with E-state index in [2.05, 4.69) is 10.4 Å². The predicted octanol–water partition coefficient (Wildman–Crippen LogP) is 2.83. The highest BCUT2D eigenvalue weighted by Gasteiger charge is 2.16. The number of aromatic nitrogens is 2. The Morgan fingerprint density at radius 1 is 1.25 bits per heavy atom. The van der Waals surface area contributed by atoms with Gasteiger partial charge >= 0.3 is 0 Å². The maximum absolute atomic E-state index is 12.6. The Labute approximate surface area is 143 Å². The van der Waals surface area contributed by atoms with Gasteiger partial charge in [0.25, 0.3) is 5.91 Å². The lowest BCUT2D eigenvalue weighted by Gasteiger charge is -2.09. The summed E-state index contributed by atoms with van der Waals surface area (Å²) in [5.41, 5.74) is 1.92. The molecule has 5 nitrogen and oxygen atoms in total. The molecule has 0 saturated heterocycles. The maximum Gasteiger partial charge on any atom is 0.276 e. The summed E-state index contributed by atoms with van der Waals surface area (Å²) in [4.78, 5) is 25.0. The van der Waals surface area contributed by atoms with Crippen molar-refractivity contribution in [3.63, 3.8) is 0 Å². The number of fused-ring (bicyclic) bond motifs is 1. The first kappa shape index (κ1) is 16.2. The highest BCUT2D eigenvalue weighted by molar-refractivity contribution is 6.31. The summed E-state index contributed by atoms with van der Waals surface area (Å²) in [6.07, 6.45) is 0. The van der Waals surface area contributed by atoms with Crippen LogP contribution in [0.25, 0.3) is 10.9 Å². The summed E-state index contributed by atoms with van der Waals surface area (Å²) in [7, 11) is 1.71. The second-order valence-corrected chi connectivity index (χ2v) is 6.00. The molecule has 6 heteroatoms. The quantitative estimate of drug-likeness (QED) is 0.796. The van der Waals surface area contributed by atoms with Gasteiger partial charge in [-0.25, -0.2) is 0 Å². The summed E-state index contributed by atoms with van der Waals surface area (Å²) in [6, 6.07) is 12.7. The average molecular weight is 342 g/mol. The molecule has 0 bridgehead atoms. The molecule has 0 spiro atoms. The second-order valence-electron chi connectivity index (χ2n) is 5.60. The second kappa shape index (κ2) is 6.45. The van der Waals surface area contributed by atoms with E-state index in [1.807, 2.05) is 37.3 Å². The molecule has 0 aliphatic rings. The van der Waals surface area contributed by atoms with Crippen LogP contribution < -0.4 is 10.7 Å². The van der Waals surface area contributed by atoms with Crippen LogP contribution >= 0.6 is 11.6 Å². The first-order chi connectivity index (χ1) is 11.5. The molecule has 3 rings (SSSR count). The molecule has 0 atom stereocenters. The van der Waals surface area contributed by atoms with E-state index in [4.69, 9.17) is 11.6 Å². The van der Waals surface area contributed by atoms with Crippen LogP contribution in [-0.4, -0.2) is 15.7 Å². The van der Waals surface area contributed by atoms with E-state index in [1.165, 1.54) is 0 Å². The minimum Gasteiger partial charge on any atom is -0.346 e. The van der Waals surface area contributed by atoms with Crippen LogP contribution in [0, 0.1) is 6.92 Å². The molecular weight excluding hydrogens is 326 g/mol. The number of aryl methyl sites for hydroxylation is 2. The summed E-state index contributed by atoms with van der Waals surface area (Å²) in [6.45, 7) is 2.13. The van der Waals surface area contributed by atoms with Gasteiger partial charge in [0.2, 0.25) is 5.43 Å². The van der Waals surface area contributed by atoms with E-state index in [9.17, 15) is 9.59 Å². The van der Waals surface area contributed by atoms with Crippen LogP contribution in [0.4, 0.5) is 0 Å². The topological polar surface area (TPSA) is 64.0 Å². The zero-order valence-electron chi connectivity index (χ0n) is 13.3. The van der Waals surface area contributed by atoms with Crippen LogP contribution in [0.15, 0.2) is 47.3 Å². The van der Waals surface area contributed by atoms with Crippen molar-refractivity contribution < 1.29 is 4.79 Å². The molecule has 0 aliphatic heterocycles. The molecule has 1 N–H and O–H groups in total. The number of nitrogens with zero attached hydrogens (tertiary/aromatic N) is 2. The monoisotopic (exact) mass is 341 g/mol. The molecule has 0 unspecified atom stereocenters. The zero-order chi connectivity index (χ0) is 17.3. The molecule has 1 aromatic heterocycles. The van der Waals surface area contributed by atoms with Gasteiger partial charge in [-0.1, -0.05) is 41.4 Å². The van der Waals surface area contributed by atoms with E-state index in [0.29, 0.717) is 15.9 Å². The zero-order valence-corrected chi connectivity index (χ0v) is 14.1. The molecule has 1 heterocycles. The fourth-order valence-corrected chi connectivity index (χ4v) is 2.74. The number of rotatable bonds is 3. The molecule has 122 valence electrons. The summed E-state index contributed by atoms with van der Waals surface area (Å²) < 4.78 is 1.54. The largest absolute Gasteiger partial charge is 0.346 e. The molecule has 24 heavy (non-hydrogen) atoms. The molecule has 0 aliphatic carbocycles. The van der Waals surface area contributed by atoms with Crippen molar-refractivity contribution in [1.82, 2.24) is 15.1 Å². The minimum absolute atomic E-state index is 0.123. The first-order valence-corrected chi connectivity index (χ1v) is 7.84. The smallest absolute Gasteiger partial charge is 0.276 e. The lowest BCUT2D eigenvalue weighted by molar-refractivity contribution is 0.0943. The van der Waals surface area contributed by atoms with Crippen LogP contribution in [-0.2, 0) is 13.6 Å². The number of halogens is 1. The van der Waals surface area contributed by atoms with Crippen molar-refractivity contribution in [2.75, 3.05) is 0 Å². The van der Waals surface area contributed by atoms with Crippen LogP contribution in [0.3, 0.4) is 0 Å². The van der Waals surface area contributed by atoms with Crippen molar-refractivity contribution in [1.29, 1.82) is 0 Å². The Bertz CT molecular complexity index is 995. The number of benzene rings is 2. The predicted molar refractivity (Wildman–Crippen MR) is 94.3 cm³/mol. The van der Waals surface area contributed by atoms with Crippen LogP contribution in [0.1, 0.15) is 21.6 Å². The van der Waals surface area contributed by atoms with Crippen LogP contribution in [0.5, 0.6) is 0 Å². The molecule has 3 aromatic rings. The standard InChI is InChI=1S/C18H16ClN3O2/c1-11-7-8-15-13(9-11)17(23)16(21-22(15)2)18(24)20-10-12-5-3-4-6-14(12)19/h3-9H,10H2,1-2H3,(H,20,24). The Kier molecular flexibility index (Phi) is 4.36. The molecule has 0 fully saturated rings. The van der Waals surface area contributed by atoms with Crippen molar-refractivity contribution >= 4 is 28.4 Å². The minimum atomic E-state index is -0.515. The van der Waals surface area contributed by atoms with Crippen LogP contribution in [0.2, 0.25) is 5.02 Å². The first-order valence-electron chi connectivity index (χ1n) is 7.46. The van der Waals surface area contributed by atoms with Gasteiger partial charge < -0.3 is 5.32 Å². The Morgan fingerprint density at radius 3 is 2.75 bits per heavy atom. The highest BCUT2D eigenvalue weighted by Crippen LogP contribution is 2.15. The molecule has 2 aromatic carbocycles. The van der Waals surface area contributed by atoms with Crippen molar-refractivity contribution in [2.24, 2.45) is 7.05 Å². The third-order valence-electron chi connectivity index (χ3n) is 3.82. The summed E-state index contributed by atoms with van der Waals surface area (Å²) >= 11 is 6.07. The van der Waals surface area contributed by atoms with Gasteiger partial charge in [0.05, 0.1) is 10.9 Å². The van der Waals surface area contributed by atoms with Gasteiger partial charge in [-0.2, -0.15) is 5.10 Å². The van der Waals surface area contributed by atoms with Crippen molar-refractivity contribution in [3.05, 3.63) is 74.5 Å². The van der Waals surface area contributed by atoms with Gasteiger partial charge in [-0.15, -0.1) is 0 Å². The fourth-order valence-electron chi connectivity index (χ4n) is 2.54. The Morgan fingerprint density at radius 2 is 2.00 bits per heavy atom. The molecule has 0 saturated carbocycles. The van der Waals surface area contributed by atoms with Gasteiger partial charge in [0.15, 0.2) is 5.69 Å². The lowest BCUT2D eigenvalue weighted by Crippen LogP contribution is -2.31. The number of carbonyl (C=O) groups is 1. The van der Waals surface area contributed by atoms with Crippen molar-refractivity contribution in [3.8, 4) is 0 Å². The summed E-state index contributed by atoms with van der Waals surface area (Å²) in [5.74, 6) is -0.515. The fraction of sp³-hybridized carbons (Fsp3) is 0.167. The van der Waals surface area contributed by atoms with Crippen molar-refractivity contribution in [2.45, 2.75) is 13.5 Å². The summed E-state index contributed by atoms with van der Waals surface area (Å²) in [5, 5.41) is 7.87. The van der Waals surface area contributed by atoms with E-state index in [-0.39, 0.29) is 17.7 Å². The number of nitrogens with one attached hydrogen (secondary N) is 1. The average Bonchev–Trinajstić information content (AvgIpc) is 2.57. The highest BCUT2D eigenvalue weighted by atomic mass is 35.5. The maximum atomic E-state index is 12.6. The normalized spacial score (nSPS) is 10.8.